The predicted molar refractivity (Wildman–Crippen MR) is 53.7 cm³/mol. The highest BCUT2D eigenvalue weighted by atomic mass is 16.5. The minimum Gasteiger partial charge on any atom is -0.381 e. The molecule has 2 aliphatic heterocycles. The highest BCUT2D eigenvalue weighted by Gasteiger charge is 2.40. The van der Waals surface area contributed by atoms with Crippen molar-refractivity contribution in [3.63, 3.8) is 0 Å². The van der Waals surface area contributed by atoms with E-state index in [0.717, 1.165) is 25.2 Å². The second kappa shape index (κ2) is 3.58. The summed E-state index contributed by atoms with van der Waals surface area (Å²) in [5.74, 6) is 0.765. The summed E-state index contributed by atoms with van der Waals surface area (Å²) >= 11 is 0. The van der Waals surface area contributed by atoms with Crippen molar-refractivity contribution in [1.82, 2.24) is 5.32 Å². The molecule has 1 N–H and O–H groups in total. The zero-order chi connectivity index (χ0) is 9.31. The first-order valence-electron chi connectivity index (χ1n) is 5.53. The summed E-state index contributed by atoms with van der Waals surface area (Å²) in [4.78, 5) is 0. The summed E-state index contributed by atoms with van der Waals surface area (Å²) in [7, 11) is 0. The largest absolute Gasteiger partial charge is 0.381 e. The fourth-order valence-corrected chi connectivity index (χ4v) is 2.64. The third-order valence-electron chi connectivity index (χ3n) is 3.60. The smallest absolute Gasteiger partial charge is 0.0535 e. The lowest BCUT2D eigenvalue weighted by Crippen LogP contribution is -2.33. The van der Waals surface area contributed by atoms with Crippen LogP contribution in [-0.2, 0) is 4.74 Å². The predicted octanol–water partition coefficient (Wildman–Crippen LogP) is 1.80. The third-order valence-corrected chi connectivity index (χ3v) is 3.60. The SMILES string of the molecule is CC(C)C1CC2(CCCOC2)CN1. The molecule has 76 valence electrons. The van der Waals surface area contributed by atoms with Gasteiger partial charge in [-0.05, 0) is 25.2 Å². The molecule has 2 heterocycles. The van der Waals surface area contributed by atoms with Crippen LogP contribution in [0.5, 0.6) is 0 Å². The number of hydrogen-bond donors (Lipinski definition) is 1. The average molecular weight is 183 g/mol. The molecule has 2 aliphatic rings. The quantitative estimate of drug-likeness (QED) is 0.669. The van der Waals surface area contributed by atoms with Crippen LogP contribution in [0.4, 0.5) is 0 Å². The second-order valence-corrected chi connectivity index (χ2v) is 5.09. The molecule has 2 heteroatoms. The van der Waals surface area contributed by atoms with Crippen LogP contribution in [0.3, 0.4) is 0 Å². The van der Waals surface area contributed by atoms with Gasteiger partial charge in [-0.3, -0.25) is 0 Å². The zero-order valence-corrected chi connectivity index (χ0v) is 8.81. The van der Waals surface area contributed by atoms with Crippen LogP contribution in [0.2, 0.25) is 0 Å². The van der Waals surface area contributed by atoms with Gasteiger partial charge in [-0.2, -0.15) is 0 Å². The second-order valence-electron chi connectivity index (χ2n) is 5.09. The van der Waals surface area contributed by atoms with Crippen molar-refractivity contribution in [2.24, 2.45) is 11.3 Å². The summed E-state index contributed by atoms with van der Waals surface area (Å²) in [6.45, 7) is 7.76. The first-order chi connectivity index (χ1) is 6.22. The van der Waals surface area contributed by atoms with Crippen molar-refractivity contribution in [1.29, 1.82) is 0 Å². The first-order valence-corrected chi connectivity index (χ1v) is 5.53. The molecule has 0 bridgehead atoms. The van der Waals surface area contributed by atoms with E-state index >= 15 is 0 Å². The van der Waals surface area contributed by atoms with Crippen molar-refractivity contribution in [2.45, 2.75) is 39.2 Å². The Labute approximate surface area is 81.0 Å². The van der Waals surface area contributed by atoms with Gasteiger partial charge in [-0.25, -0.2) is 0 Å². The molecular formula is C11H21NO. The Balaban J connectivity index is 1.94. The lowest BCUT2D eigenvalue weighted by Gasteiger charge is -2.32. The van der Waals surface area contributed by atoms with E-state index in [-0.39, 0.29) is 0 Å². The topological polar surface area (TPSA) is 21.3 Å². The van der Waals surface area contributed by atoms with Crippen LogP contribution in [0, 0.1) is 11.3 Å². The highest BCUT2D eigenvalue weighted by molar-refractivity contribution is 4.95. The van der Waals surface area contributed by atoms with E-state index in [9.17, 15) is 0 Å². The average Bonchev–Trinajstić information content (AvgIpc) is 2.51. The Hall–Kier alpha value is -0.0800. The standard InChI is InChI=1S/C11H21NO/c1-9(2)10-6-11(7-12-10)4-3-5-13-8-11/h9-10,12H,3-8H2,1-2H3. The van der Waals surface area contributed by atoms with Gasteiger partial charge < -0.3 is 10.1 Å². The van der Waals surface area contributed by atoms with E-state index in [0.29, 0.717) is 5.41 Å². The van der Waals surface area contributed by atoms with Crippen molar-refractivity contribution >= 4 is 0 Å². The van der Waals surface area contributed by atoms with E-state index in [1.54, 1.807) is 0 Å². The number of ether oxygens (including phenoxy) is 1. The fraction of sp³-hybridized carbons (Fsp3) is 1.00. The van der Waals surface area contributed by atoms with Crippen LogP contribution in [0.1, 0.15) is 33.1 Å². The molecule has 0 saturated carbocycles. The Bertz CT molecular complexity index is 173. The van der Waals surface area contributed by atoms with Gasteiger partial charge in [0.15, 0.2) is 0 Å². The van der Waals surface area contributed by atoms with E-state index in [4.69, 9.17) is 4.74 Å². The molecule has 0 amide bonds. The van der Waals surface area contributed by atoms with E-state index in [1.165, 1.54) is 25.8 Å². The van der Waals surface area contributed by atoms with Crippen LogP contribution < -0.4 is 5.32 Å². The maximum absolute atomic E-state index is 5.60. The molecule has 0 aromatic heterocycles. The molecule has 2 nitrogen and oxygen atoms in total. The van der Waals surface area contributed by atoms with Crippen molar-refractivity contribution in [2.75, 3.05) is 19.8 Å². The molecule has 2 fully saturated rings. The first kappa shape index (κ1) is 9.47. The minimum atomic E-state index is 0.493. The molecule has 0 aromatic rings. The van der Waals surface area contributed by atoms with Crippen LogP contribution in [-0.4, -0.2) is 25.8 Å². The molecular weight excluding hydrogens is 162 g/mol. The van der Waals surface area contributed by atoms with E-state index < -0.39 is 0 Å². The monoisotopic (exact) mass is 183 g/mol. The highest BCUT2D eigenvalue weighted by Crippen LogP contribution is 2.38. The van der Waals surface area contributed by atoms with Gasteiger partial charge in [0.25, 0.3) is 0 Å². The molecule has 0 aromatic carbocycles. The molecule has 0 radical (unpaired) electrons. The summed E-state index contributed by atoms with van der Waals surface area (Å²) in [6.07, 6.45) is 3.94. The maximum Gasteiger partial charge on any atom is 0.0535 e. The van der Waals surface area contributed by atoms with Gasteiger partial charge in [0, 0.05) is 24.6 Å². The van der Waals surface area contributed by atoms with Crippen LogP contribution in [0.25, 0.3) is 0 Å². The van der Waals surface area contributed by atoms with Gasteiger partial charge >= 0.3 is 0 Å². The van der Waals surface area contributed by atoms with Crippen LogP contribution >= 0.6 is 0 Å². The molecule has 2 unspecified atom stereocenters. The van der Waals surface area contributed by atoms with Gasteiger partial charge in [0.05, 0.1) is 6.61 Å². The third kappa shape index (κ3) is 1.89. The molecule has 2 rings (SSSR count). The zero-order valence-electron chi connectivity index (χ0n) is 8.81. The Morgan fingerprint density at radius 2 is 2.31 bits per heavy atom. The molecule has 0 aliphatic carbocycles. The molecule has 2 saturated heterocycles. The minimum absolute atomic E-state index is 0.493. The van der Waals surface area contributed by atoms with Crippen LogP contribution in [0.15, 0.2) is 0 Å². The van der Waals surface area contributed by atoms with E-state index in [2.05, 4.69) is 19.2 Å². The number of nitrogens with one attached hydrogen (secondary N) is 1. The Morgan fingerprint density at radius 3 is 2.85 bits per heavy atom. The van der Waals surface area contributed by atoms with Crippen molar-refractivity contribution < 1.29 is 4.74 Å². The number of rotatable bonds is 1. The van der Waals surface area contributed by atoms with Crippen molar-refractivity contribution in [3.8, 4) is 0 Å². The van der Waals surface area contributed by atoms with Crippen molar-refractivity contribution in [3.05, 3.63) is 0 Å². The van der Waals surface area contributed by atoms with E-state index in [1.807, 2.05) is 0 Å². The van der Waals surface area contributed by atoms with Gasteiger partial charge in [-0.15, -0.1) is 0 Å². The summed E-state index contributed by atoms with van der Waals surface area (Å²) in [5.41, 5.74) is 0.493. The molecule has 1 spiro atoms. The lowest BCUT2D eigenvalue weighted by atomic mass is 9.79. The maximum atomic E-state index is 5.60. The normalized spacial score (nSPS) is 40.4. The summed E-state index contributed by atoms with van der Waals surface area (Å²) < 4.78 is 5.60. The lowest BCUT2D eigenvalue weighted by molar-refractivity contribution is 0.00153. The van der Waals surface area contributed by atoms with Gasteiger partial charge in [0.2, 0.25) is 0 Å². The fourth-order valence-electron chi connectivity index (χ4n) is 2.64. The summed E-state index contributed by atoms with van der Waals surface area (Å²) in [6, 6.07) is 0.724. The number of hydrogen-bond acceptors (Lipinski definition) is 2. The molecule has 2 atom stereocenters. The molecule has 13 heavy (non-hydrogen) atoms. The van der Waals surface area contributed by atoms with Gasteiger partial charge in [-0.1, -0.05) is 13.8 Å². The Morgan fingerprint density at radius 1 is 1.46 bits per heavy atom. The summed E-state index contributed by atoms with van der Waals surface area (Å²) in [5, 5.41) is 3.64. The van der Waals surface area contributed by atoms with Gasteiger partial charge in [0.1, 0.15) is 0 Å². The Kier molecular flexibility index (Phi) is 2.61.